The molecular weight excluding hydrogens is 210 g/mol. The van der Waals surface area contributed by atoms with Gasteiger partial charge in [0.25, 0.3) is 0 Å². The van der Waals surface area contributed by atoms with E-state index < -0.39 is 0 Å². The van der Waals surface area contributed by atoms with Gasteiger partial charge in [0, 0.05) is 11.1 Å². The van der Waals surface area contributed by atoms with Gasteiger partial charge >= 0.3 is 0 Å². The van der Waals surface area contributed by atoms with E-state index in [0.717, 1.165) is 0 Å². The molecule has 0 saturated heterocycles. The lowest BCUT2D eigenvalue weighted by atomic mass is 10.0. The average Bonchev–Trinajstić information content (AvgIpc) is 2.76. The van der Waals surface area contributed by atoms with Crippen molar-refractivity contribution in [1.82, 2.24) is 0 Å². The van der Waals surface area contributed by atoms with E-state index in [4.69, 9.17) is 0 Å². The fraction of sp³-hybridized carbons (Fsp3) is 0. The molecule has 0 saturated carbocycles. The van der Waals surface area contributed by atoms with Crippen molar-refractivity contribution in [2.75, 3.05) is 4.98 Å². The van der Waals surface area contributed by atoms with Crippen molar-refractivity contribution < 1.29 is 0 Å². The first-order valence-corrected chi connectivity index (χ1v) is 6.40. The Bertz CT molecular complexity index is 718. The van der Waals surface area contributed by atoms with Gasteiger partial charge in [-0.1, -0.05) is 36.4 Å². The number of nitrogens with one attached hydrogen (secondary N) is 1. The summed E-state index contributed by atoms with van der Waals surface area (Å²) < 4.78 is 0. The molecule has 74 valence electrons. The fourth-order valence-electron chi connectivity index (χ4n) is 2.49. The molecule has 0 spiro atoms. The number of hydrogen-bond acceptors (Lipinski definition) is 1. The maximum atomic E-state index is 3.49. The highest BCUT2D eigenvalue weighted by molar-refractivity contribution is 6.68. The summed E-state index contributed by atoms with van der Waals surface area (Å²) in [5.74, 6) is 0. The Morgan fingerprint density at radius 2 is 1.75 bits per heavy atom. The molecule has 0 aromatic heterocycles. The van der Waals surface area contributed by atoms with Crippen LogP contribution in [-0.2, 0) is 0 Å². The molecule has 0 atom stereocenters. The molecule has 16 heavy (non-hydrogen) atoms. The van der Waals surface area contributed by atoms with Crippen LogP contribution in [0.2, 0.25) is 0 Å². The van der Waals surface area contributed by atoms with Crippen LogP contribution in [0.4, 0.5) is 5.69 Å². The second kappa shape index (κ2) is 2.86. The van der Waals surface area contributed by atoms with Crippen LogP contribution < -0.4 is 10.2 Å². The van der Waals surface area contributed by atoms with Gasteiger partial charge in [0.2, 0.25) is 9.68 Å². The van der Waals surface area contributed by atoms with E-state index in [9.17, 15) is 0 Å². The molecule has 1 heterocycles. The smallest absolute Gasteiger partial charge is 0.220 e. The predicted molar refractivity (Wildman–Crippen MR) is 70.5 cm³/mol. The second-order valence-electron chi connectivity index (χ2n) is 4.13. The molecule has 2 heteroatoms. The number of rotatable bonds is 0. The first-order chi connectivity index (χ1) is 7.93. The Hall–Kier alpha value is -1.80. The van der Waals surface area contributed by atoms with E-state index >= 15 is 0 Å². The van der Waals surface area contributed by atoms with Crippen LogP contribution in [0.25, 0.3) is 21.5 Å². The monoisotopic (exact) mass is 219 g/mol. The summed E-state index contributed by atoms with van der Waals surface area (Å²) in [7, 11) is 0.699. The summed E-state index contributed by atoms with van der Waals surface area (Å²) in [5.41, 5.74) is 1.29. The largest absolute Gasteiger partial charge is 0.407 e. The Morgan fingerprint density at radius 3 is 2.75 bits per heavy atom. The molecular formula is C14H9NSi. The maximum absolute atomic E-state index is 3.49. The molecule has 2 radical (unpaired) electrons. The maximum Gasteiger partial charge on any atom is 0.220 e. The summed E-state index contributed by atoms with van der Waals surface area (Å²) in [4.78, 5) is 3.49. The lowest BCUT2D eigenvalue weighted by Crippen LogP contribution is -2.16. The Labute approximate surface area is 96.0 Å². The minimum absolute atomic E-state index is 0.699. The molecule has 3 aromatic carbocycles. The summed E-state index contributed by atoms with van der Waals surface area (Å²) in [5, 5.41) is 6.98. The highest BCUT2D eigenvalue weighted by Gasteiger charge is 2.17. The average molecular weight is 219 g/mol. The third kappa shape index (κ3) is 0.946. The second-order valence-corrected chi connectivity index (χ2v) is 5.13. The minimum Gasteiger partial charge on any atom is -0.407 e. The number of anilines is 1. The molecule has 1 aliphatic heterocycles. The summed E-state index contributed by atoms with van der Waals surface area (Å²) in [6.07, 6.45) is 0. The third-order valence-electron chi connectivity index (χ3n) is 3.21. The van der Waals surface area contributed by atoms with Gasteiger partial charge in [-0.05, 0) is 33.5 Å². The summed E-state index contributed by atoms with van der Waals surface area (Å²) >= 11 is 0. The summed E-state index contributed by atoms with van der Waals surface area (Å²) in [6.45, 7) is 0. The van der Waals surface area contributed by atoms with E-state index in [1.165, 1.54) is 32.4 Å². The zero-order valence-corrected chi connectivity index (χ0v) is 9.62. The van der Waals surface area contributed by atoms with E-state index in [2.05, 4.69) is 53.5 Å². The Morgan fingerprint density at radius 1 is 0.875 bits per heavy atom. The topological polar surface area (TPSA) is 12.0 Å². The molecule has 4 rings (SSSR count). The molecule has 1 nitrogen and oxygen atoms in total. The SMILES string of the molecule is c1ccc2c3c4c(cccc4cc2c1)N[Si]3. The van der Waals surface area contributed by atoms with E-state index in [0.29, 0.717) is 9.68 Å². The molecule has 1 aliphatic rings. The van der Waals surface area contributed by atoms with Gasteiger partial charge in [-0.25, -0.2) is 0 Å². The highest BCUT2D eigenvalue weighted by atomic mass is 28.2. The normalized spacial score (nSPS) is 13.2. The van der Waals surface area contributed by atoms with Crippen molar-refractivity contribution >= 4 is 42.1 Å². The van der Waals surface area contributed by atoms with Crippen LogP contribution in [0.1, 0.15) is 0 Å². The molecule has 3 aromatic rings. The van der Waals surface area contributed by atoms with Gasteiger partial charge in [0.15, 0.2) is 0 Å². The van der Waals surface area contributed by atoms with Crippen LogP contribution in [-0.4, -0.2) is 9.68 Å². The fourth-order valence-corrected chi connectivity index (χ4v) is 3.72. The number of hydrogen-bond donors (Lipinski definition) is 1. The van der Waals surface area contributed by atoms with Crippen LogP contribution in [0.15, 0.2) is 48.5 Å². The molecule has 0 fully saturated rings. The highest BCUT2D eigenvalue weighted by Crippen LogP contribution is 2.29. The molecule has 0 aliphatic carbocycles. The molecule has 0 amide bonds. The lowest BCUT2D eigenvalue weighted by Gasteiger charge is -2.05. The minimum atomic E-state index is 0.699. The van der Waals surface area contributed by atoms with Crippen molar-refractivity contribution in [3.63, 3.8) is 0 Å². The number of fused-ring (bicyclic) bond motifs is 2. The van der Waals surface area contributed by atoms with E-state index in [1.807, 2.05) is 0 Å². The van der Waals surface area contributed by atoms with Gasteiger partial charge in [0.1, 0.15) is 0 Å². The van der Waals surface area contributed by atoms with Crippen molar-refractivity contribution in [3.05, 3.63) is 48.5 Å². The van der Waals surface area contributed by atoms with Crippen molar-refractivity contribution in [1.29, 1.82) is 0 Å². The number of benzene rings is 3. The van der Waals surface area contributed by atoms with E-state index in [1.54, 1.807) is 0 Å². The Balaban J connectivity index is 2.34. The van der Waals surface area contributed by atoms with Gasteiger partial charge in [-0.3, -0.25) is 0 Å². The standard InChI is InChI=1S/C14H9NSi/c1-2-6-11-9(4-1)8-10-5-3-7-12-13(10)14(11)16-15-12/h1-8,15H. The van der Waals surface area contributed by atoms with E-state index in [-0.39, 0.29) is 0 Å². The predicted octanol–water partition coefficient (Wildman–Crippen LogP) is 2.66. The van der Waals surface area contributed by atoms with Gasteiger partial charge in [-0.2, -0.15) is 0 Å². The lowest BCUT2D eigenvalue weighted by molar-refractivity contribution is 1.78. The summed E-state index contributed by atoms with van der Waals surface area (Å²) in [6, 6.07) is 17.4. The molecule has 1 N–H and O–H groups in total. The zero-order valence-electron chi connectivity index (χ0n) is 8.62. The van der Waals surface area contributed by atoms with Gasteiger partial charge in [0.05, 0.1) is 0 Å². The molecule has 0 unspecified atom stereocenters. The van der Waals surface area contributed by atoms with Crippen LogP contribution in [0.3, 0.4) is 0 Å². The molecule has 0 bridgehead atoms. The van der Waals surface area contributed by atoms with Crippen LogP contribution in [0, 0.1) is 0 Å². The third-order valence-corrected chi connectivity index (χ3v) is 4.37. The Kier molecular flexibility index (Phi) is 1.49. The van der Waals surface area contributed by atoms with Crippen molar-refractivity contribution in [3.8, 4) is 0 Å². The van der Waals surface area contributed by atoms with Crippen LogP contribution in [0.5, 0.6) is 0 Å². The first-order valence-electron chi connectivity index (χ1n) is 5.40. The van der Waals surface area contributed by atoms with Gasteiger partial charge in [-0.15, -0.1) is 0 Å². The van der Waals surface area contributed by atoms with Gasteiger partial charge < -0.3 is 4.98 Å². The van der Waals surface area contributed by atoms with Crippen LogP contribution >= 0.6 is 0 Å². The van der Waals surface area contributed by atoms with Crippen molar-refractivity contribution in [2.24, 2.45) is 0 Å². The zero-order chi connectivity index (χ0) is 10.5. The first kappa shape index (κ1) is 8.36. The quantitative estimate of drug-likeness (QED) is 0.453. The van der Waals surface area contributed by atoms with Crippen molar-refractivity contribution in [2.45, 2.75) is 0 Å².